The van der Waals surface area contributed by atoms with Crippen LogP contribution in [0.5, 0.6) is 34.8 Å². The molecule has 4 heterocycles. The molecule has 17 nitrogen and oxygen atoms in total. The quantitative estimate of drug-likeness (QED) is 0.0601. The number of anilines is 1. The Morgan fingerprint density at radius 3 is 1.43 bits per heavy atom. The summed E-state index contributed by atoms with van der Waals surface area (Å²) in [5, 5.41) is 2.67. The minimum Gasteiger partial charge on any atom is -0.497 e. The van der Waals surface area contributed by atoms with Gasteiger partial charge in [0, 0.05) is 40.4 Å². The van der Waals surface area contributed by atoms with E-state index in [1.807, 2.05) is 119 Å². The van der Waals surface area contributed by atoms with E-state index in [-0.39, 0.29) is 43.8 Å². The lowest BCUT2D eigenvalue weighted by molar-refractivity contribution is 0.0970. The molecule has 0 bridgehead atoms. The summed E-state index contributed by atoms with van der Waals surface area (Å²) in [7, 11) is -4.62. The molecule has 2 amide bonds. The molecule has 0 radical (unpaired) electrons. The number of nitrogens with one attached hydrogen (secondary N) is 5. The third kappa shape index (κ3) is 14.7. The third-order valence-corrected chi connectivity index (χ3v) is 14.4. The molecule has 0 saturated heterocycles. The Morgan fingerprint density at radius 1 is 0.571 bits per heavy atom. The molecule has 0 saturated carbocycles. The van der Waals surface area contributed by atoms with Crippen LogP contribution in [0.25, 0.3) is 0 Å². The highest BCUT2D eigenvalue weighted by Gasteiger charge is 2.27. The van der Waals surface area contributed by atoms with Crippen molar-refractivity contribution in [1.29, 1.82) is 9.56 Å². The topological polar surface area (TPSA) is 241 Å². The Kier molecular flexibility index (Phi) is 17.8. The molecule has 0 aliphatic heterocycles. The van der Waals surface area contributed by atoms with Gasteiger partial charge in [-0.3, -0.25) is 19.0 Å². The van der Waals surface area contributed by atoms with Gasteiger partial charge in [-0.25, -0.2) is 37.9 Å². The van der Waals surface area contributed by atoms with Crippen LogP contribution in [-0.4, -0.2) is 54.4 Å². The molecule has 77 heavy (non-hydrogen) atoms. The first-order valence-corrected chi connectivity index (χ1v) is 27.4. The second kappa shape index (κ2) is 23.5. The zero-order valence-electron chi connectivity index (χ0n) is 45.8. The van der Waals surface area contributed by atoms with Crippen molar-refractivity contribution in [3.05, 3.63) is 171 Å². The number of hydrogen-bond donors (Lipinski definition) is 5. The Balaban J connectivity index is 0.000000260. The van der Waals surface area contributed by atoms with Gasteiger partial charge in [-0.2, -0.15) is 4.39 Å². The number of nitrogens with zero attached hydrogens (tertiary/aromatic N) is 4. The maximum Gasteiger partial charge on any atom is 0.269 e. The fourth-order valence-corrected chi connectivity index (χ4v) is 9.88. The molecule has 2 atom stereocenters. The predicted molar refractivity (Wildman–Crippen MR) is 296 cm³/mol. The molecule has 0 spiro atoms. The maximum atomic E-state index is 13.6. The minimum atomic E-state index is -3.91. The lowest BCUT2D eigenvalue weighted by Crippen LogP contribution is -2.31. The van der Waals surface area contributed by atoms with Crippen LogP contribution in [0.4, 0.5) is 10.2 Å². The highest BCUT2D eigenvalue weighted by molar-refractivity contribution is 7.91. The molecule has 7 rings (SSSR count). The second-order valence-electron chi connectivity index (χ2n) is 20.4. The number of pyridine rings is 4. The van der Waals surface area contributed by atoms with Crippen LogP contribution in [-0.2, 0) is 37.2 Å². The molecular weight excluding hydrogens is 1020 g/mol. The van der Waals surface area contributed by atoms with Crippen LogP contribution in [0.15, 0.2) is 113 Å². The number of halogens is 1. The first kappa shape index (κ1) is 58.3. The predicted octanol–water partition coefficient (Wildman–Crippen LogP) is 12.3. The summed E-state index contributed by atoms with van der Waals surface area (Å²) in [6, 6.07) is 28.2. The van der Waals surface area contributed by atoms with Crippen molar-refractivity contribution in [2.45, 2.75) is 111 Å². The number of aryl methyl sites for hydroxylation is 6. The maximum absolute atomic E-state index is 13.6. The first-order chi connectivity index (χ1) is 36.0. The normalized spacial score (nSPS) is 12.9. The zero-order chi connectivity index (χ0) is 56.8. The molecule has 0 aliphatic carbocycles. The van der Waals surface area contributed by atoms with E-state index < -0.39 is 37.6 Å². The van der Waals surface area contributed by atoms with E-state index in [9.17, 15) is 22.4 Å². The van der Waals surface area contributed by atoms with Crippen molar-refractivity contribution in [3.8, 4) is 34.8 Å². The average molecular weight is 1090 g/mol. The van der Waals surface area contributed by atoms with Crippen LogP contribution in [0, 0.1) is 57.0 Å². The Bertz CT molecular complexity index is 3550. The van der Waals surface area contributed by atoms with Gasteiger partial charge in [-0.15, -0.1) is 0 Å². The molecule has 3 aromatic carbocycles. The number of aromatic nitrogens is 4. The molecule has 0 aliphatic rings. The van der Waals surface area contributed by atoms with Crippen LogP contribution < -0.4 is 33.7 Å². The van der Waals surface area contributed by atoms with Gasteiger partial charge in [0.15, 0.2) is 29.9 Å². The van der Waals surface area contributed by atoms with Crippen LogP contribution in [0.1, 0.15) is 113 Å². The molecule has 2 unspecified atom stereocenters. The number of rotatable bonds is 15. The van der Waals surface area contributed by atoms with Gasteiger partial charge >= 0.3 is 0 Å². The average Bonchev–Trinajstić information content (AvgIpc) is 3.35. The first-order valence-electron chi connectivity index (χ1n) is 24.3. The van der Waals surface area contributed by atoms with Crippen molar-refractivity contribution in [2.24, 2.45) is 0 Å². The van der Waals surface area contributed by atoms with E-state index in [1.165, 1.54) is 24.3 Å². The summed E-state index contributed by atoms with van der Waals surface area (Å²) in [6.45, 7) is 23.9. The van der Waals surface area contributed by atoms with E-state index in [4.69, 9.17) is 28.5 Å². The van der Waals surface area contributed by atoms with Crippen molar-refractivity contribution in [3.63, 3.8) is 0 Å². The van der Waals surface area contributed by atoms with Gasteiger partial charge in [-0.1, -0.05) is 89.1 Å². The highest BCUT2D eigenvalue weighted by atomic mass is 32.2. The molecule has 406 valence electrons. The monoisotopic (exact) mass is 1090 g/mol. The zero-order valence-corrected chi connectivity index (χ0v) is 47.4. The summed E-state index contributed by atoms with van der Waals surface area (Å²) in [5.74, 6) is 0.406. The highest BCUT2D eigenvalue weighted by Crippen LogP contribution is 2.35. The van der Waals surface area contributed by atoms with Gasteiger partial charge in [-0.05, 0) is 124 Å². The molecule has 5 N–H and O–H groups in total. The molecule has 7 aromatic rings. The number of amides is 2. The minimum absolute atomic E-state index is 0.00115. The number of carbonyl (C=O) groups is 2. The van der Waals surface area contributed by atoms with Crippen molar-refractivity contribution >= 4 is 37.5 Å². The smallest absolute Gasteiger partial charge is 0.269 e. The van der Waals surface area contributed by atoms with Crippen molar-refractivity contribution in [2.75, 3.05) is 19.5 Å². The summed E-state index contributed by atoms with van der Waals surface area (Å²) in [5.41, 5.74) is 7.34. The summed E-state index contributed by atoms with van der Waals surface area (Å²) in [6.07, 6.45) is 0. The van der Waals surface area contributed by atoms with E-state index in [2.05, 4.69) is 34.7 Å². The van der Waals surface area contributed by atoms with Crippen molar-refractivity contribution < 1.29 is 41.3 Å². The van der Waals surface area contributed by atoms with Gasteiger partial charge in [0.25, 0.3) is 11.8 Å². The van der Waals surface area contributed by atoms with Gasteiger partial charge < -0.3 is 24.3 Å². The molecule has 20 heteroatoms. The van der Waals surface area contributed by atoms with Gasteiger partial charge in [0.1, 0.15) is 39.9 Å². The van der Waals surface area contributed by atoms with Crippen molar-refractivity contribution in [1.82, 2.24) is 29.4 Å². The van der Waals surface area contributed by atoms with Crippen LogP contribution >= 0.6 is 0 Å². The Labute approximate surface area is 451 Å². The number of hydrogen-bond acceptors (Lipinski definition) is 15. The Morgan fingerprint density at radius 2 is 1.01 bits per heavy atom. The Hall–Kier alpha value is -7.97. The lowest BCUT2D eigenvalue weighted by atomic mass is 9.91. The van der Waals surface area contributed by atoms with Crippen LogP contribution in [0.2, 0.25) is 0 Å². The summed E-state index contributed by atoms with van der Waals surface area (Å²) < 4.78 is 84.1. The van der Waals surface area contributed by atoms with E-state index in [1.54, 1.807) is 50.6 Å². The van der Waals surface area contributed by atoms with Crippen LogP contribution in [0.3, 0.4) is 0 Å². The number of carbonyl (C=O) groups excluding carboxylic acids is 2. The third-order valence-electron chi connectivity index (χ3n) is 11.8. The molecule has 4 aromatic heterocycles. The lowest BCUT2D eigenvalue weighted by Gasteiger charge is -2.21. The fraction of sp³-hybridized carbons (Fsp3) is 0.298. The summed E-state index contributed by atoms with van der Waals surface area (Å²) in [4.78, 5) is 43.7. The fourth-order valence-electron chi connectivity index (χ4n) is 7.95. The van der Waals surface area contributed by atoms with E-state index >= 15 is 0 Å². The molecular formula is C57H66FN9O8S2. The SMILES string of the molecule is COc1ccc(CNc2cccc(S(=N)(=O)NC(=O)c3ccc(C(C)(C)C)nc3Oc3c(C)cc(C)cc3C)n2)c(OC)c1.Cc1cc(C)c(Oc2nc(C(C)(C)C)ccc2C(=O)NS(=N)(=O)c2cccc(F)n2)c(C)c1. The van der Waals surface area contributed by atoms with Gasteiger partial charge in [0.2, 0.25) is 17.7 Å². The largest absolute Gasteiger partial charge is 0.497 e. The number of benzene rings is 3. The number of methoxy groups -OCH3 is 2. The van der Waals surface area contributed by atoms with E-state index in [0.717, 1.165) is 45.0 Å². The second-order valence-corrected chi connectivity index (χ2v) is 23.9. The standard InChI is InChI=1S/C33H39N5O5S.C24H27FN4O3S/c1-20-16-21(2)30(22(3)17-20)43-32-25(14-15-27(36-32)33(4,5)6)31(39)38-44(34,40)29-11-9-10-28(37-29)35-19-23-12-13-24(41-7)18-26(23)42-8;1-14-12-15(2)21(16(3)13-14)32-23-17(10-11-18(27-23)24(4,5)6)22(30)29-33(26,31)20-9-7-8-19(25)28-20/h9-18H,19H2,1-8H3,(H,35,37)(H2,34,38,39,40);7-13H,1-6H3,(H2,26,29,30,31). The van der Waals surface area contributed by atoms with Gasteiger partial charge in [0.05, 0.1) is 14.2 Å². The molecule has 0 fully saturated rings. The number of ether oxygens (including phenoxy) is 4. The van der Waals surface area contributed by atoms with E-state index in [0.29, 0.717) is 46.7 Å². The summed E-state index contributed by atoms with van der Waals surface area (Å²) >= 11 is 0.